The van der Waals surface area contributed by atoms with Crippen molar-refractivity contribution >= 4 is 5.69 Å². The maximum absolute atomic E-state index is 14.0. The van der Waals surface area contributed by atoms with Gasteiger partial charge in [0.25, 0.3) is 5.69 Å². The first kappa shape index (κ1) is 17.0. The Balaban J connectivity index is 1.97. The number of rotatable bonds is 4. The Morgan fingerprint density at radius 3 is 2.69 bits per heavy atom. The van der Waals surface area contributed by atoms with Crippen LogP contribution in [-0.2, 0) is 0 Å². The maximum atomic E-state index is 14.0. The van der Waals surface area contributed by atoms with Crippen molar-refractivity contribution in [2.75, 3.05) is 0 Å². The van der Waals surface area contributed by atoms with Crippen molar-refractivity contribution in [2.45, 2.75) is 6.92 Å². The fraction of sp³-hybridized carbons (Fsp3) is 0.0556. The lowest BCUT2D eigenvalue weighted by atomic mass is 10.2. The highest BCUT2D eigenvalue weighted by Crippen LogP contribution is 2.27. The van der Waals surface area contributed by atoms with Crippen molar-refractivity contribution in [3.05, 3.63) is 75.7 Å². The second-order valence-corrected chi connectivity index (χ2v) is 5.34. The number of non-ortho nitro benzene ring substituents is 1. The minimum Gasteiger partial charge on any atom is -0.436 e. The topological polar surface area (TPSA) is 102 Å². The van der Waals surface area contributed by atoms with Gasteiger partial charge in [-0.25, -0.2) is 9.37 Å². The van der Waals surface area contributed by atoms with Gasteiger partial charge in [0, 0.05) is 29.5 Å². The summed E-state index contributed by atoms with van der Waals surface area (Å²) in [5, 5.41) is 19.7. The van der Waals surface area contributed by atoms with Gasteiger partial charge < -0.3 is 4.74 Å². The second-order valence-electron chi connectivity index (χ2n) is 5.34. The van der Waals surface area contributed by atoms with Gasteiger partial charge in [0.05, 0.1) is 16.6 Å². The van der Waals surface area contributed by atoms with Crippen molar-refractivity contribution < 1.29 is 14.1 Å². The summed E-state index contributed by atoms with van der Waals surface area (Å²) in [4.78, 5) is 18.9. The van der Waals surface area contributed by atoms with E-state index in [0.717, 1.165) is 6.07 Å². The van der Waals surface area contributed by atoms with E-state index in [1.54, 1.807) is 13.0 Å². The summed E-state index contributed by atoms with van der Waals surface area (Å²) in [7, 11) is 0. The van der Waals surface area contributed by atoms with Crippen molar-refractivity contribution in [3.63, 3.8) is 0 Å². The second kappa shape index (κ2) is 6.94. The number of aromatic nitrogens is 2. The maximum Gasteiger partial charge on any atom is 0.270 e. The summed E-state index contributed by atoms with van der Waals surface area (Å²) in [6.07, 6.45) is 0. The molecule has 1 aromatic heterocycles. The number of halogens is 1. The average molecular weight is 350 g/mol. The molecule has 0 amide bonds. The molecule has 26 heavy (non-hydrogen) atoms. The standard InChI is InChI=1S/C18H11FN4O3/c1-11-7-17(26-16-6-5-12(10-20)8-15(16)19)22-18(21-11)13-3-2-4-14(9-13)23(24)25/h2-9H,1H3. The van der Waals surface area contributed by atoms with Gasteiger partial charge in [-0.15, -0.1) is 0 Å². The predicted molar refractivity (Wildman–Crippen MR) is 90.0 cm³/mol. The van der Waals surface area contributed by atoms with Crippen LogP contribution in [0.25, 0.3) is 11.4 Å². The van der Waals surface area contributed by atoms with E-state index in [1.807, 2.05) is 6.07 Å². The molecule has 0 saturated carbocycles. The highest BCUT2D eigenvalue weighted by Gasteiger charge is 2.13. The normalized spacial score (nSPS) is 10.2. The first-order valence-electron chi connectivity index (χ1n) is 7.44. The molecule has 3 rings (SSSR count). The highest BCUT2D eigenvalue weighted by molar-refractivity contribution is 5.59. The van der Waals surface area contributed by atoms with Crippen LogP contribution in [0.4, 0.5) is 10.1 Å². The Kier molecular flexibility index (Phi) is 4.53. The molecule has 0 aliphatic heterocycles. The molecule has 0 spiro atoms. The summed E-state index contributed by atoms with van der Waals surface area (Å²) in [5.41, 5.74) is 1.07. The summed E-state index contributed by atoms with van der Waals surface area (Å²) < 4.78 is 19.5. The van der Waals surface area contributed by atoms with Gasteiger partial charge >= 0.3 is 0 Å². The van der Waals surface area contributed by atoms with Crippen molar-refractivity contribution in [3.8, 4) is 29.1 Å². The minimum atomic E-state index is -0.697. The van der Waals surface area contributed by atoms with Crippen LogP contribution in [0.5, 0.6) is 11.6 Å². The molecule has 1 heterocycles. The summed E-state index contributed by atoms with van der Waals surface area (Å²) in [5.74, 6) is -0.482. The Bertz CT molecular complexity index is 1050. The van der Waals surface area contributed by atoms with Crippen LogP contribution in [0.1, 0.15) is 11.3 Å². The largest absolute Gasteiger partial charge is 0.436 e. The fourth-order valence-corrected chi connectivity index (χ4v) is 2.25. The zero-order valence-corrected chi connectivity index (χ0v) is 13.5. The van der Waals surface area contributed by atoms with E-state index in [2.05, 4.69) is 9.97 Å². The minimum absolute atomic E-state index is 0.0858. The van der Waals surface area contributed by atoms with Gasteiger partial charge in [-0.2, -0.15) is 10.2 Å². The van der Waals surface area contributed by atoms with Crippen LogP contribution < -0.4 is 4.74 Å². The van der Waals surface area contributed by atoms with E-state index < -0.39 is 10.7 Å². The lowest BCUT2D eigenvalue weighted by molar-refractivity contribution is -0.384. The highest BCUT2D eigenvalue weighted by atomic mass is 19.1. The summed E-state index contributed by atoms with van der Waals surface area (Å²) >= 11 is 0. The van der Waals surface area contributed by atoms with Crippen LogP contribution in [0.15, 0.2) is 48.5 Å². The van der Waals surface area contributed by atoms with Crippen LogP contribution in [0.2, 0.25) is 0 Å². The van der Waals surface area contributed by atoms with Crippen molar-refractivity contribution in [1.82, 2.24) is 9.97 Å². The molecular formula is C18H11FN4O3. The van der Waals surface area contributed by atoms with Gasteiger partial charge in [-0.1, -0.05) is 12.1 Å². The van der Waals surface area contributed by atoms with Gasteiger partial charge in [0.1, 0.15) is 0 Å². The van der Waals surface area contributed by atoms with Crippen LogP contribution in [0, 0.1) is 34.2 Å². The zero-order chi connectivity index (χ0) is 18.7. The van der Waals surface area contributed by atoms with Crippen molar-refractivity contribution in [2.24, 2.45) is 0 Å². The zero-order valence-electron chi connectivity index (χ0n) is 13.5. The smallest absolute Gasteiger partial charge is 0.270 e. The molecule has 0 unspecified atom stereocenters. The Labute approximate surface area is 147 Å². The molecule has 7 nitrogen and oxygen atoms in total. The van der Waals surface area contributed by atoms with E-state index in [9.17, 15) is 14.5 Å². The monoisotopic (exact) mass is 350 g/mol. The number of hydrogen-bond donors (Lipinski definition) is 0. The SMILES string of the molecule is Cc1cc(Oc2ccc(C#N)cc2F)nc(-c2cccc([N+](=O)[O-])c2)n1. The number of aryl methyl sites for hydroxylation is 1. The number of ether oxygens (including phenoxy) is 1. The summed E-state index contributed by atoms with van der Waals surface area (Å²) in [6, 6.07) is 13.0. The van der Waals surface area contributed by atoms with Crippen LogP contribution in [0.3, 0.4) is 0 Å². The Morgan fingerprint density at radius 1 is 1.19 bits per heavy atom. The fourth-order valence-electron chi connectivity index (χ4n) is 2.25. The molecule has 0 N–H and O–H groups in total. The number of benzene rings is 2. The van der Waals surface area contributed by atoms with Gasteiger partial charge in [0.2, 0.25) is 5.88 Å². The molecular weight excluding hydrogens is 339 g/mol. The quantitative estimate of drug-likeness (QED) is 0.517. The molecule has 8 heteroatoms. The number of nitro groups is 1. The molecule has 0 radical (unpaired) electrons. The Morgan fingerprint density at radius 2 is 2.00 bits per heavy atom. The lowest BCUT2D eigenvalue weighted by Crippen LogP contribution is -1.98. The van der Waals surface area contributed by atoms with E-state index in [1.165, 1.54) is 36.4 Å². The van der Waals surface area contributed by atoms with Crippen molar-refractivity contribution in [1.29, 1.82) is 5.26 Å². The van der Waals surface area contributed by atoms with E-state index in [0.29, 0.717) is 11.3 Å². The van der Waals surface area contributed by atoms with Gasteiger partial charge in [-0.05, 0) is 25.1 Å². The third-order valence-electron chi connectivity index (χ3n) is 3.42. The van der Waals surface area contributed by atoms with E-state index >= 15 is 0 Å². The third-order valence-corrected chi connectivity index (χ3v) is 3.42. The lowest BCUT2D eigenvalue weighted by Gasteiger charge is -2.09. The molecule has 2 aromatic carbocycles. The first-order valence-corrected chi connectivity index (χ1v) is 7.44. The van der Waals surface area contributed by atoms with E-state index in [-0.39, 0.29) is 28.7 Å². The average Bonchev–Trinajstić information content (AvgIpc) is 2.63. The summed E-state index contributed by atoms with van der Waals surface area (Å²) in [6.45, 7) is 1.70. The van der Waals surface area contributed by atoms with Crippen LogP contribution >= 0.6 is 0 Å². The Hall–Kier alpha value is -3.86. The molecule has 128 valence electrons. The van der Waals surface area contributed by atoms with Crippen LogP contribution in [-0.4, -0.2) is 14.9 Å². The molecule has 0 saturated heterocycles. The first-order chi connectivity index (χ1) is 12.5. The third kappa shape index (κ3) is 3.62. The molecule has 0 fully saturated rings. The number of hydrogen-bond acceptors (Lipinski definition) is 6. The number of nitro benzene ring substituents is 1. The van der Waals surface area contributed by atoms with Gasteiger partial charge in [-0.3, -0.25) is 10.1 Å². The number of nitrogens with zero attached hydrogens (tertiary/aromatic N) is 4. The molecule has 0 aliphatic carbocycles. The molecule has 0 atom stereocenters. The van der Waals surface area contributed by atoms with Gasteiger partial charge in [0.15, 0.2) is 17.4 Å². The molecule has 3 aromatic rings. The predicted octanol–water partition coefficient (Wildman–Crippen LogP) is 4.16. The molecule has 0 aliphatic rings. The van der Waals surface area contributed by atoms with E-state index in [4.69, 9.17) is 10.00 Å². The number of nitriles is 1. The molecule has 0 bridgehead atoms.